The summed E-state index contributed by atoms with van der Waals surface area (Å²) in [6.07, 6.45) is 4.73. The van der Waals surface area contributed by atoms with E-state index < -0.39 is 5.97 Å². The number of aromatic nitrogens is 1. The molecule has 1 aromatic carbocycles. The third-order valence-electron chi connectivity index (χ3n) is 3.35. The predicted octanol–water partition coefficient (Wildman–Crippen LogP) is 3.03. The van der Waals surface area contributed by atoms with Crippen LogP contribution in [0.4, 0.5) is 0 Å². The maximum absolute atomic E-state index is 12.4. The minimum atomic E-state index is -0.454. The van der Waals surface area contributed by atoms with Crippen molar-refractivity contribution in [3.8, 4) is 11.5 Å². The van der Waals surface area contributed by atoms with E-state index in [4.69, 9.17) is 14.2 Å². The molecule has 0 amide bonds. The molecule has 6 nitrogen and oxygen atoms in total. The fourth-order valence-corrected chi connectivity index (χ4v) is 2.31. The summed E-state index contributed by atoms with van der Waals surface area (Å²) in [7, 11) is 0. The summed E-state index contributed by atoms with van der Waals surface area (Å²) in [6, 6.07) is 8.43. The molecule has 0 fully saturated rings. The van der Waals surface area contributed by atoms with Crippen LogP contribution < -0.4 is 9.47 Å². The number of pyridine rings is 1. The quantitative estimate of drug-likeness (QED) is 0.616. The normalized spacial score (nSPS) is 14.4. The van der Waals surface area contributed by atoms with Crippen LogP contribution in [0.25, 0.3) is 6.08 Å². The van der Waals surface area contributed by atoms with E-state index in [9.17, 15) is 9.59 Å². The monoisotopic (exact) mass is 339 g/mol. The number of ketones is 1. The second kappa shape index (κ2) is 7.17. The molecule has 0 aliphatic carbocycles. The van der Waals surface area contributed by atoms with Crippen LogP contribution in [0.1, 0.15) is 29.8 Å². The largest absolute Gasteiger partial charge is 0.482 e. The number of Topliss-reactive ketones (excluding diaryl/α,β-unsaturated/α-hetero) is 1. The molecule has 0 saturated carbocycles. The number of nitrogens with zero attached hydrogens (tertiary/aromatic N) is 1. The number of benzene rings is 1. The van der Waals surface area contributed by atoms with Crippen molar-refractivity contribution >= 4 is 17.8 Å². The SMILES string of the molecule is CC(C)OC(=O)COc1ccc2c(c1)OC(=Cc1cccnc1)C2=O. The van der Waals surface area contributed by atoms with E-state index in [-0.39, 0.29) is 24.3 Å². The predicted molar refractivity (Wildman–Crippen MR) is 90.3 cm³/mol. The van der Waals surface area contributed by atoms with Crippen LogP contribution in [0.15, 0.2) is 48.5 Å². The lowest BCUT2D eigenvalue weighted by molar-refractivity contribution is -0.149. The molecule has 0 N–H and O–H groups in total. The van der Waals surface area contributed by atoms with Gasteiger partial charge in [0.05, 0.1) is 11.7 Å². The maximum Gasteiger partial charge on any atom is 0.344 e. The maximum atomic E-state index is 12.4. The number of rotatable bonds is 5. The molecule has 1 aliphatic heterocycles. The van der Waals surface area contributed by atoms with Gasteiger partial charge in [-0.15, -0.1) is 0 Å². The molecule has 128 valence electrons. The van der Waals surface area contributed by atoms with Gasteiger partial charge in [-0.3, -0.25) is 9.78 Å². The molecular formula is C19H17NO5. The molecule has 0 bridgehead atoms. The fraction of sp³-hybridized carbons (Fsp3) is 0.211. The number of allylic oxidation sites excluding steroid dienone is 1. The summed E-state index contributed by atoms with van der Waals surface area (Å²) in [6.45, 7) is 3.33. The molecule has 2 aromatic rings. The van der Waals surface area contributed by atoms with Crippen molar-refractivity contribution in [1.29, 1.82) is 0 Å². The lowest BCUT2D eigenvalue weighted by Gasteiger charge is -2.09. The molecule has 1 aromatic heterocycles. The topological polar surface area (TPSA) is 74.7 Å². The van der Waals surface area contributed by atoms with Crippen molar-refractivity contribution in [2.45, 2.75) is 20.0 Å². The highest BCUT2D eigenvalue weighted by Crippen LogP contribution is 2.34. The van der Waals surface area contributed by atoms with Crippen LogP contribution >= 0.6 is 0 Å². The summed E-state index contributed by atoms with van der Waals surface area (Å²) in [4.78, 5) is 27.9. The first kappa shape index (κ1) is 16.7. The van der Waals surface area contributed by atoms with Crippen LogP contribution in [0, 0.1) is 0 Å². The Morgan fingerprint density at radius 1 is 1.32 bits per heavy atom. The zero-order chi connectivity index (χ0) is 17.8. The molecule has 0 unspecified atom stereocenters. The minimum Gasteiger partial charge on any atom is -0.482 e. The van der Waals surface area contributed by atoms with Crippen molar-refractivity contribution in [3.63, 3.8) is 0 Å². The Kier molecular flexibility index (Phi) is 4.79. The van der Waals surface area contributed by atoms with Crippen molar-refractivity contribution in [2.24, 2.45) is 0 Å². The number of carbonyl (C=O) groups excluding carboxylic acids is 2. The van der Waals surface area contributed by atoms with E-state index in [0.29, 0.717) is 17.1 Å². The number of hydrogen-bond donors (Lipinski definition) is 0. The zero-order valence-corrected chi connectivity index (χ0v) is 13.9. The van der Waals surface area contributed by atoms with Crippen LogP contribution in [0.2, 0.25) is 0 Å². The fourth-order valence-electron chi connectivity index (χ4n) is 2.31. The van der Waals surface area contributed by atoms with Gasteiger partial charge in [0.1, 0.15) is 11.5 Å². The third kappa shape index (κ3) is 4.03. The summed E-state index contributed by atoms with van der Waals surface area (Å²) in [5.41, 5.74) is 1.22. The number of fused-ring (bicyclic) bond motifs is 1. The summed E-state index contributed by atoms with van der Waals surface area (Å²) in [5.74, 6) is 0.387. The van der Waals surface area contributed by atoms with Gasteiger partial charge in [-0.05, 0) is 43.7 Å². The van der Waals surface area contributed by atoms with Crippen LogP contribution in [-0.4, -0.2) is 29.4 Å². The summed E-state index contributed by atoms with van der Waals surface area (Å²) in [5, 5.41) is 0. The van der Waals surface area contributed by atoms with Crippen LogP contribution in [0.3, 0.4) is 0 Å². The van der Waals surface area contributed by atoms with Gasteiger partial charge in [0.25, 0.3) is 0 Å². The third-order valence-corrected chi connectivity index (χ3v) is 3.35. The van der Waals surface area contributed by atoms with Gasteiger partial charge in [-0.25, -0.2) is 4.79 Å². The zero-order valence-electron chi connectivity index (χ0n) is 13.9. The number of carbonyl (C=O) groups is 2. The second-order valence-corrected chi connectivity index (χ2v) is 5.71. The van der Waals surface area contributed by atoms with Gasteiger partial charge in [0.15, 0.2) is 12.4 Å². The Balaban J connectivity index is 1.71. The van der Waals surface area contributed by atoms with Gasteiger partial charge in [0.2, 0.25) is 5.78 Å². The molecule has 0 radical (unpaired) electrons. The lowest BCUT2D eigenvalue weighted by Crippen LogP contribution is -2.18. The van der Waals surface area contributed by atoms with Crippen LogP contribution in [0.5, 0.6) is 11.5 Å². The molecule has 0 saturated heterocycles. The molecule has 1 aliphatic rings. The molecule has 25 heavy (non-hydrogen) atoms. The van der Waals surface area contributed by atoms with Gasteiger partial charge < -0.3 is 14.2 Å². The number of ether oxygens (including phenoxy) is 3. The minimum absolute atomic E-state index is 0.197. The average molecular weight is 339 g/mol. The van der Waals surface area contributed by atoms with E-state index in [1.807, 2.05) is 6.07 Å². The smallest absolute Gasteiger partial charge is 0.344 e. The second-order valence-electron chi connectivity index (χ2n) is 5.71. The average Bonchev–Trinajstić information content (AvgIpc) is 2.89. The Morgan fingerprint density at radius 2 is 2.16 bits per heavy atom. The van der Waals surface area contributed by atoms with E-state index in [0.717, 1.165) is 5.56 Å². The van der Waals surface area contributed by atoms with Crippen LogP contribution in [-0.2, 0) is 9.53 Å². The van der Waals surface area contributed by atoms with Gasteiger partial charge in [-0.2, -0.15) is 0 Å². The molecule has 0 atom stereocenters. The Morgan fingerprint density at radius 3 is 2.88 bits per heavy atom. The number of esters is 1. The first-order valence-corrected chi connectivity index (χ1v) is 7.83. The van der Waals surface area contributed by atoms with Gasteiger partial charge in [-0.1, -0.05) is 6.07 Å². The van der Waals surface area contributed by atoms with E-state index in [1.165, 1.54) is 0 Å². The van der Waals surface area contributed by atoms with Crippen molar-refractivity contribution in [1.82, 2.24) is 4.98 Å². The van der Waals surface area contributed by atoms with Crippen molar-refractivity contribution in [3.05, 3.63) is 59.6 Å². The highest BCUT2D eigenvalue weighted by atomic mass is 16.6. The van der Waals surface area contributed by atoms with Crippen molar-refractivity contribution < 1.29 is 23.8 Å². The van der Waals surface area contributed by atoms with Crippen molar-refractivity contribution in [2.75, 3.05) is 6.61 Å². The molecule has 6 heteroatoms. The van der Waals surface area contributed by atoms with E-state index in [1.54, 1.807) is 56.6 Å². The van der Waals surface area contributed by atoms with E-state index in [2.05, 4.69) is 4.98 Å². The Hall–Kier alpha value is -3.15. The van der Waals surface area contributed by atoms with E-state index >= 15 is 0 Å². The lowest BCUT2D eigenvalue weighted by atomic mass is 10.1. The first-order chi connectivity index (χ1) is 12.0. The molecule has 0 spiro atoms. The number of hydrogen-bond acceptors (Lipinski definition) is 6. The first-order valence-electron chi connectivity index (χ1n) is 7.83. The molecular weight excluding hydrogens is 322 g/mol. The van der Waals surface area contributed by atoms with Gasteiger partial charge in [0, 0.05) is 18.5 Å². The Labute approximate surface area is 145 Å². The standard InChI is InChI=1S/C19H17NO5/c1-12(2)24-18(21)11-23-14-5-6-15-16(9-14)25-17(19(15)22)8-13-4-3-7-20-10-13/h3-10,12H,11H2,1-2H3. The molecule has 2 heterocycles. The summed E-state index contributed by atoms with van der Waals surface area (Å²) < 4.78 is 16.0. The summed E-state index contributed by atoms with van der Waals surface area (Å²) >= 11 is 0. The Bertz CT molecular complexity index is 827. The highest BCUT2D eigenvalue weighted by molar-refractivity contribution is 6.14. The highest BCUT2D eigenvalue weighted by Gasteiger charge is 2.27. The molecule has 3 rings (SSSR count). The van der Waals surface area contributed by atoms with Gasteiger partial charge >= 0.3 is 5.97 Å².